The highest BCUT2D eigenvalue weighted by Gasteiger charge is 2.53. The fourth-order valence-corrected chi connectivity index (χ4v) is 4.79. The van der Waals surface area contributed by atoms with Crippen molar-refractivity contribution in [2.24, 2.45) is 5.92 Å². The maximum absolute atomic E-state index is 13.9. The molecule has 1 aliphatic rings. The second-order valence-corrected chi connectivity index (χ2v) is 9.56. The van der Waals surface area contributed by atoms with E-state index in [0.717, 1.165) is 11.1 Å². The van der Waals surface area contributed by atoms with Crippen LogP contribution >= 0.6 is 23.2 Å². The lowest BCUT2D eigenvalue weighted by molar-refractivity contribution is -0.129. The van der Waals surface area contributed by atoms with Crippen LogP contribution in [0.3, 0.4) is 0 Å². The van der Waals surface area contributed by atoms with Gasteiger partial charge in [-0.25, -0.2) is 0 Å². The normalized spacial score (nSPS) is 22.1. The number of ether oxygens (including phenoxy) is 2. The zero-order chi connectivity index (χ0) is 24.5. The van der Waals surface area contributed by atoms with Gasteiger partial charge in [-0.2, -0.15) is 0 Å². The van der Waals surface area contributed by atoms with E-state index in [1.165, 1.54) is 0 Å². The lowest BCUT2D eigenvalue weighted by Crippen LogP contribution is -2.55. The van der Waals surface area contributed by atoms with Crippen LogP contribution < -0.4 is 20.1 Å². The number of ketones is 1. The highest BCUT2D eigenvalue weighted by atomic mass is 35.5. The number of methoxy groups -OCH3 is 2. The fraction of sp³-hybridized carbons (Fsp3) is 0.296. The van der Waals surface area contributed by atoms with Crippen molar-refractivity contribution < 1.29 is 14.3 Å². The summed E-state index contributed by atoms with van der Waals surface area (Å²) in [4.78, 5) is 13.9. The van der Waals surface area contributed by atoms with E-state index in [-0.39, 0.29) is 23.8 Å². The first kappa shape index (κ1) is 24.6. The molecule has 0 aliphatic carbocycles. The summed E-state index contributed by atoms with van der Waals surface area (Å²) in [5.41, 5.74) is 1.51. The molecule has 1 heterocycles. The first-order valence-electron chi connectivity index (χ1n) is 11.1. The number of halogens is 2. The fourth-order valence-electron chi connectivity index (χ4n) is 4.54. The summed E-state index contributed by atoms with van der Waals surface area (Å²) in [5, 5.41) is 8.61. The van der Waals surface area contributed by atoms with Crippen LogP contribution in [0.25, 0.3) is 0 Å². The molecule has 2 N–H and O–H groups in total. The van der Waals surface area contributed by atoms with Crippen LogP contribution in [0.4, 0.5) is 0 Å². The van der Waals surface area contributed by atoms with Crippen LogP contribution in [-0.4, -0.2) is 20.0 Å². The average molecular weight is 499 g/mol. The van der Waals surface area contributed by atoms with E-state index in [9.17, 15) is 4.79 Å². The molecule has 34 heavy (non-hydrogen) atoms. The molecule has 1 fully saturated rings. The second kappa shape index (κ2) is 9.96. The number of nitrogens with one attached hydrogen (secondary N) is 2. The van der Waals surface area contributed by atoms with Gasteiger partial charge >= 0.3 is 0 Å². The van der Waals surface area contributed by atoms with E-state index in [1.54, 1.807) is 20.3 Å². The van der Waals surface area contributed by atoms with Gasteiger partial charge in [0.05, 0.1) is 26.3 Å². The van der Waals surface area contributed by atoms with Gasteiger partial charge in [-0.3, -0.25) is 15.4 Å². The second-order valence-electron chi connectivity index (χ2n) is 8.68. The lowest BCUT2D eigenvalue weighted by Gasteiger charge is -2.33. The van der Waals surface area contributed by atoms with E-state index in [1.807, 2.05) is 74.5 Å². The number of rotatable bonds is 7. The van der Waals surface area contributed by atoms with Gasteiger partial charge in [-0.1, -0.05) is 61.3 Å². The van der Waals surface area contributed by atoms with Crippen molar-refractivity contribution in [3.05, 3.63) is 93.5 Å². The van der Waals surface area contributed by atoms with Crippen LogP contribution in [0.5, 0.6) is 11.5 Å². The van der Waals surface area contributed by atoms with Crippen LogP contribution in [0.2, 0.25) is 10.0 Å². The Kier molecular flexibility index (Phi) is 7.20. The third-order valence-corrected chi connectivity index (χ3v) is 6.75. The van der Waals surface area contributed by atoms with Gasteiger partial charge in [0.1, 0.15) is 11.5 Å². The van der Waals surface area contributed by atoms with Gasteiger partial charge in [-0.15, -0.1) is 0 Å². The zero-order valence-electron chi connectivity index (χ0n) is 19.6. The van der Waals surface area contributed by atoms with Crippen molar-refractivity contribution in [1.29, 1.82) is 0 Å². The number of benzene rings is 3. The largest absolute Gasteiger partial charge is 0.497 e. The maximum Gasteiger partial charge on any atom is 0.174 e. The first-order chi connectivity index (χ1) is 16.3. The van der Waals surface area contributed by atoms with Crippen LogP contribution in [0.1, 0.15) is 42.6 Å². The quantitative estimate of drug-likeness (QED) is 0.414. The van der Waals surface area contributed by atoms with Gasteiger partial charge in [0, 0.05) is 27.6 Å². The highest BCUT2D eigenvalue weighted by molar-refractivity contribution is 6.30. The standard InChI is InChI=1S/C27H28Cl2N2O3/c1-16(2)26(32)27(22-14-13-21(33-3)15-23(22)34-4)30-24(17-5-9-19(28)10-6-17)25(31-27)18-7-11-20(29)12-8-18/h5-16,24-25,30-31H,1-4H3. The third-order valence-electron chi connectivity index (χ3n) is 6.24. The molecular weight excluding hydrogens is 471 g/mol. The van der Waals surface area contributed by atoms with E-state index in [0.29, 0.717) is 27.1 Å². The Labute approximate surface area is 210 Å². The molecule has 178 valence electrons. The SMILES string of the molecule is COc1ccc(C2(C(=O)C(C)C)NC(c3ccc(Cl)cc3)C(c3ccc(Cl)cc3)N2)c(OC)c1. The molecular formula is C27H28Cl2N2O3. The molecule has 2 atom stereocenters. The molecule has 0 saturated carbocycles. The minimum atomic E-state index is -1.19. The number of hydrogen-bond donors (Lipinski definition) is 2. The molecule has 0 radical (unpaired) electrons. The molecule has 0 bridgehead atoms. The van der Waals surface area contributed by atoms with Gasteiger partial charge in [0.25, 0.3) is 0 Å². The predicted molar refractivity (Wildman–Crippen MR) is 136 cm³/mol. The van der Waals surface area contributed by atoms with E-state index < -0.39 is 5.66 Å². The van der Waals surface area contributed by atoms with Crippen molar-refractivity contribution in [2.75, 3.05) is 14.2 Å². The molecule has 0 aromatic heterocycles. The Morgan fingerprint density at radius 2 is 1.32 bits per heavy atom. The Bertz CT molecular complexity index is 1110. The summed E-state index contributed by atoms with van der Waals surface area (Å²) < 4.78 is 11.1. The smallest absolute Gasteiger partial charge is 0.174 e. The summed E-state index contributed by atoms with van der Waals surface area (Å²) in [6.45, 7) is 3.80. The van der Waals surface area contributed by atoms with Crippen molar-refractivity contribution >= 4 is 29.0 Å². The number of Topliss-reactive ketones (excluding diaryl/α,β-unsaturated/α-hetero) is 1. The zero-order valence-corrected chi connectivity index (χ0v) is 21.1. The van der Waals surface area contributed by atoms with Crippen LogP contribution in [-0.2, 0) is 10.5 Å². The predicted octanol–water partition coefficient (Wildman–Crippen LogP) is 6.06. The third kappa shape index (κ3) is 4.53. The van der Waals surface area contributed by atoms with Crippen LogP contribution in [0, 0.1) is 5.92 Å². The molecule has 7 heteroatoms. The number of carbonyl (C=O) groups excluding carboxylic acids is 1. The van der Waals surface area contributed by atoms with Gasteiger partial charge in [0.15, 0.2) is 11.4 Å². The van der Waals surface area contributed by atoms with Gasteiger partial charge < -0.3 is 9.47 Å². The topological polar surface area (TPSA) is 59.6 Å². The van der Waals surface area contributed by atoms with Gasteiger partial charge in [-0.05, 0) is 47.5 Å². The Morgan fingerprint density at radius 3 is 1.74 bits per heavy atom. The monoisotopic (exact) mass is 498 g/mol. The minimum Gasteiger partial charge on any atom is -0.497 e. The molecule has 3 aromatic carbocycles. The van der Waals surface area contributed by atoms with Crippen molar-refractivity contribution in [1.82, 2.24) is 10.6 Å². The summed E-state index contributed by atoms with van der Waals surface area (Å²) in [7, 11) is 3.19. The Balaban J connectivity index is 1.91. The maximum atomic E-state index is 13.9. The lowest BCUT2D eigenvalue weighted by atomic mass is 9.88. The Hall–Kier alpha value is -2.57. The number of hydrogen-bond acceptors (Lipinski definition) is 5. The highest BCUT2D eigenvalue weighted by Crippen LogP contribution is 2.45. The Morgan fingerprint density at radius 1 is 0.824 bits per heavy atom. The molecule has 1 aliphatic heterocycles. The number of carbonyl (C=O) groups is 1. The van der Waals surface area contributed by atoms with E-state index >= 15 is 0 Å². The minimum absolute atomic E-state index is 0.00592. The summed E-state index contributed by atoms with van der Waals surface area (Å²) in [6.07, 6.45) is 0. The van der Waals surface area contributed by atoms with E-state index in [2.05, 4.69) is 10.6 Å². The summed E-state index contributed by atoms with van der Waals surface area (Å²) in [5.74, 6) is 0.960. The first-order valence-corrected chi connectivity index (χ1v) is 11.9. The average Bonchev–Trinajstić information content (AvgIpc) is 3.25. The molecule has 0 amide bonds. The summed E-state index contributed by atoms with van der Waals surface area (Å²) >= 11 is 12.3. The molecule has 0 spiro atoms. The van der Waals surface area contributed by atoms with Crippen molar-refractivity contribution in [2.45, 2.75) is 31.6 Å². The van der Waals surface area contributed by atoms with Crippen LogP contribution in [0.15, 0.2) is 66.7 Å². The van der Waals surface area contributed by atoms with Gasteiger partial charge in [0.2, 0.25) is 0 Å². The van der Waals surface area contributed by atoms with E-state index in [4.69, 9.17) is 32.7 Å². The molecule has 2 unspecified atom stereocenters. The van der Waals surface area contributed by atoms with Crippen molar-refractivity contribution in [3.63, 3.8) is 0 Å². The molecule has 1 saturated heterocycles. The molecule has 3 aromatic rings. The molecule has 5 nitrogen and oxygen atoms in total. The van der Waals surface area contributed by atoms with Crippen molar-refractivity contribution in [3.8, 4) is 11.5 Å². The molecule has 4 rings (SSSR count). The summed E-state index contributed by atoms with van der Waals surface area (Å²) in [6, 6.07) is 20.4.